The molecule has 0 fully saturated rings. The first-order chi connectivity index (χ1) is 9.63. The van der Waals surface area contributed by atoms with Gasteiger partial charge in [-0.25, -0.2) is 0 Å². The summed E-state index contributed by atoms with van der Waals surface area (Å²) in [6.07, 6.45) is 0.460. The highest BCUT2D eigenvalue weighted by Gasteiger charge is 2.16. The van der Waals surface area contributed by atoms with Crippen LogP contribution in [0, 0.1) is 0 Å². The number of halogens is 1. The fraction of sp³-hybridized carbons (Fsp3) is 0.235. The van der Waals surface area contributed by atoms with Crippen molar-refractivity contribution >= 4 is 23.9 Å². The summed E-state index contributed by atoms with van der Waals surface area (Å²) in [4.78, 5) is 14.0. The van der Waals surface area contributed by atoms with Gasteiger partial charge in [0.2, 0.25) is 0 Å². The van der Waals surface area contributed by atoms with Crippen LogP contribution in [-0.2, 0) is 0 Å². The summed E-state index contributed by atoms with van der Waals surface area (Å²) in [7, 11) is 3.88. The van der Waals surface area contributed by atoms with Crippen LogP contribution in [0.5, 0.6) is 11.5 Å². The summed E-state index contributed by atoms with van der Waals surface area (Å²) in [5.74, 6) is 1.43. The van der Waals surface area contributed by atoms with Gasteiger partial charge in [0.1, 0.15) is 5.75 Å². The number of nitrogens with zero attached hydrogens (tertiary/aromatic N) is 1. The Kier molecular flexibility index (Phi) is 6.25. The first kappa shape index (κ1) is 17.1. The van der Waals surface area contributed by atoms with Crippen LogP contribution in [0.2, 0.25) is 0 Å². The molecule has 2 aromatic carbocycles. The predicted molar refractivity (Wildman–Crippen MR) is 89.2 cm³/mol. The number of hydrogen-bond acceptors (Lipinski definition) is 3. The molecular weight excluding hydrogens is 286 g/mol. The number of rotatable bonds is 5. The molecule has 0 unspecified atom stereocenters. The minimum Gasteiger partial charge on any atom is -0.454 e. The zero-order chi connectivity index (χ0) is 14.5. The molecule has 3 nitrogen and oxygen atoms in total. The van der Waals surface area contributed by atoms with E-state index >= 15 is 0 Å². The number of carbonyl (C=O) groups is 1. The molecule has 0 radical (unpaired) electrons. The van der Waals surface area contributed by atoms with Gasteiger partial charge >= 0.3 is 0 Å². The van der Waals surface area contributed by atoms with Crippen molar-refractivity contribution < 1.29 is 9.53 Å². The van der Waals surface area contributed by atoms with Crippen LogP contribution >= 0.6 is 12.4 Å². The van der Waals surface area contributed by atoms with Gasteiger partial charge in [0.15, 0.2) is 11.5 Å². The highest BCUT2D eigenvalue weighted by molar-refractivity contribution is 6.00. The number of ether oxygens (including phenoxy) is 1. The minimum atomic E-state index is 0. The SMILES string of the molecule is CCC(=O)c1cccc(N(C)C)c1Oc1ccccc1.Cl. The van der Waals surface area contributed by atoms with E-state index in [0.29, 0.717) is 17.7 Å². The molecule has 21 heavy (non-hydrogen) atoms. The molecule has 2 rings (SSSR count). The van der Waals surface area contributed by atoms with Gasteiger partial charge in [-0.05, 0) is 24.3 Å². The Hall–Kier alpha value is -2.00. The maximum Gasteiger partial charge on any atom is 0.166 e. The number of benzene rings is 2. The highest BCUT2D eigenvalue weighted by atomic mass is 35.5. The lowest BCUT2D eigenvalue weighted by molar-refractivity contribution is 0.0986. The number of anilines is 1. The molecule has 0 aliphatic carbocycles. The van der Waals surface area contributed by atoms with E-state index in [-0.39, 0.29) is 18.2 Å². The lowest BCUT2D eigenvalue weighted by Gasteiger charge is -2.20. The van der Waals surface area contributed by atoms with Crippen LogP contribution in [0.3, 0.4) is 0 Å². The third-order valence-electron chi connectivity index (χ3n) is 3.06. The van der Waals surface area contributed by atoms with Crippen molar-refractivity contribution in [2.24, 2.45) is 0 Å². The summed E-state index contributed by atoms with van der Waals surface area (Å²) >= 11 is 0. The monoisotopic (exact) mass is 305 g/mol. The van der Waals surface area contributed by atoms with Gasteiger partial charge in [0, 0.05) is 20.5 Å². The zero-order valence-electron chi connectivity index (χ0n) is 12.5. The second-order valence-corrected chi connectivity index (χ2v) is 4.74. The fourth-order valence-corrected chi connectivity index (χ4v) is 2.00. The van der Waals surface area contributed by atoms with Gasteiger partial charge in [-0.15, -0.1) is 12.4 Å². The molecule has 0 bridgehead atoms. The molecule has 2 aromatic rings. The van der Waals surface area contributed by atoms with E-state index in [0.717, 1.165) is 11.4 Å². The maximum absolute atomic E-state index is 12.1. The quantitative estimate of drug-likeness (QED) is 0.758. The molecular formula is C17H20ClNO2. The molecule has 4 heteroatoms. The molecule has 0 saturated carbocycles. The fourth-order valence-electron chi connectivity index (χ4n) is 2.00. The Morgan fingerprint density at radius 2 is 1.71 bits per heavy atom. The average Bonchev–Trinajstić information content (AvgIpc) is 2.47. The molecule has 0 spiro atoms. The number of carbonyl (C=O) groups excluding carboxylic acids is 1. The maximum atomic E-state index is 12.1. The zero-order valence-corrected chi connectivity index (χ0v) is 13.3. The van der Waals surface area contributed by atoms with E-state index in [2.05, 4.69) is 0 Å². The second-order valence-electron chi connectivity index (χ2n) is 4.74. The van der Waals surface area contributed by atoms with Gasteiger partial charge in [-0.2, -0.15) is 0 Å². The van der Waals surface area contributed by atoms with E-state index in [9.17, 15) is 4.79 Å². The number of ketones is 1. The number of hydrogen-bond donors (Lipinski definition) is 0. The number of para-hydroxylation sites is 2. The Labute approximate surface area is 132 Å². The molecule has 0 aliphatic heterocycles. The molecule has 0 N–H and O–H groups in total. The Morgan fingerprint density at radius 3 is 2.29 bits per heavy atom. The summed E-state index contributed by atoms with van der Waals surface area (Å²) in [6, 6.07) is 15.2. The third-order valence-corrected chi connectivity index (χ3v) is 3.06. The van der Waals surface area contributed by atoms with E-state index in [4.69, 9.17) is 4.74 Å². The van der Waals surface area contributed by atoms with Crippen LogP contribution in [0.1, 0.15) is 23.7 Å². The smallest absolute Gasteiger partial charge is 0.166 e. The Bertz CT molecular complexity index is 597. The van der Waals surface area contributed by atoms with Crippen molar-refractivity contribution in [2.75, 3.05) is 19.0 Å². The summed E-state index contributed by atoms with van der Waals surface area (Å²) in [5.41, 5.74) is 1.52. The molecule has 0 aliphatic rings. The molecule has 0 heterocycles. The van der Waals surface area contributed by atoms with Gasteiger partial charge < -0.3 is 9.64 Å². The largest absolute Gasteiger partial charge is 0.454 e. The van der Waals surface area contributed by atoms with Gasteiger partial charge in [-0.3, -0.25) is 4.79 Å². The third kappa shape index (κ3) is 3.99. The normalized spacial score (nSPS) is 9.67. The average molecular weight is 306 g/mol. The van der Waals surface area contributed by atoms with Crippen LogP contribution in [-0.4, -0.2) is 19.9 Å². The van der Waals surface area contributed by atoms with Gasteiger partial charge in [-0.1, -0.05) is 31.2 Å². The van der Waals surface area contributed by atoms with E-state index in [1.165, 1.54) is 0 Å². The molecule has 0 saturated heterocycles. The number of Topliss-reactive ketones (excluding diaryl/α,β-unsaturated/α-hetero) is 1. The first-order valence-corrected chi connectivity index (χ1v) is 6.70. The summed E-state index contributed by atoms with van der Waals surface area (Å²) in [5, 5.41) is 0. The standard InChI is InChI=1S/C17H19NO2.ClH/c1-4-16(19)14-11-8-12-15(18(2)3)17(14)20-13-9-6-5-7-10-13;/h5-12H,4H2,1-3H3;1H. The molecule has 0 aromatic heterocycles. The van der Waals surface area contributed by atoms with E-state index in [1.807, 2.05) is 74.4 Å². The van der Waals surface area contributed by atoms with Crippen molar-refractivity contribution in [3.05, 3.63) is 54.1 Å². The second kappa shape index (κ2) is 7.70. The molecule has 0 amide bonds. The van der Waals surface area contributed by atoms with Crippen molar-refractivity contribution in [1.82, 2.24) is 0 Å². The van der Waals surface area contributed by atoms with Crippen LogP contribution < -0.4 is 9.64 Å². The highest BCUT2D eigenvalue weighted by Crippen LogP contribution is 2.35. The summed E-state index contributed by atoms with van der Waals surface area (Å²) < 4.78 is 5.96. The van der Waals surface area contributed by atoms with E-state index in [1.54, 1.807) is 0 Å². The van der Waals surface area contributed by atoms with Crippen molar-refractivity contribution in [1.29, 1.82) is 0 Å². The predicted octanol–water partition coefficient (Wildman–Crippen LogP) is 4.56. The lowest BCUT2D eigenvalue weighted by Crippen LogP contribution is -2.12. The van der Waals surface area contributed by atoms with Crippen molar-refractivity contribution in [3.63, 3.8) is 0 Å². The van der Waals surface area contributed by atoms with Gasteiger partial charge in [0.05, 0.1) is 11.3 Å². The van der Waals surface area contributed by atoms with Crippen molar-refractivity contribution in [3.8, 4) is 11.5 Å². The van der Waals surface area contributed by atoms with Crippen molar-refractivity contribution in [2.45, 2.75) is 13.3 Å². The van der Waals surface area contributed by atoms with Gasteiger partial charge in [0.25, 0.3) is 0 Å². The Balaban J connectivity index is 0.00000220. The summed E-state index contributed by atoms with van der Waals surface area (Å²) in [6.45, 7) is 1.86. The minimum absolute atomic E-state index is 0. The lowest BCUT2D eigenvalue weighted by atomic mass is 10.1. The van der Waals surface area contributed by atoms with Crippen LogP contribution in [0.25, 0.3) is 0 Å². The van der Waals surface area contributed by atoms with Crippen LogP contribution in [0.15, 0.2) is 48.5 Å². The van der Waals surface area contributed by atoms with Crippen LogP contribution in [0.4, 0.5) is 5.69 Å². The molecule has 112 valence electrons. The Morgan fingerprint density at radius 1 is 1.05 bits per heavy atom. The molecule has 0 atom stereocenters. The topological polar surface area (TPSA) is 29.5 Å². The van der Waals surface area contributed by atoms with E-state index < -0.39 is 0 Å². The first-order valence-electron chi connectivity index (χ1n) is 6.70.